The molecule has 21 heavy (non-hydrogen) atoms. The highest BCUT2D eigenvalue weighted by molar-refractivity contribution is 9.10. The monoisotopic (exact) mass is 342 g/mol. The molecule has 0 bridgehead atoms. The average Bonchev–Trinajstić information content (AvgIpc) is 2.95. The molecule has 3 nitrogen and oxygen atoms in total. The summed E-state index contributed by atoms with van der Waals surface area (Å²) >= 11 is 3.50. The molecule has 3 aromatic rings. The molecule has 4 heteroatoms. The number of aromatic nitrogens is 2. The molecule has 0 atom stereocenters. The Bertz CT molecular complexity index is 752. The number of halogens is 1. The first-order valence-corrected chi connectivity index (χ1v) is 7.45. The van der Waals surface area contributed by atoms with Crippen molar-refractivity contribution in [3.63, 3.8) is 0 Å². The van der Waals surface area contributed by atoms with Crippen LogP contribution in [0.3, 0.4) is 0 Å². The SMILES string of the molecule is COc1cccc(Cn2ccnc2-c2cccc(Br)c2)c1. The van der Waals surface area contributed by atoms with Crippen LogP contribution in [0.4, 0.5) is 0 Å². The van der Waals surface area contributed by atoms with E-state index in [-0.39, 0.29) is 0 Å². The fourth-order valence-corrected chi connectivity index (χ4v) is 2.69. The minimum atomic E-state index is 0.763. The number of methoxy groups -OCH3 is 1. The maximum absolute atomic E-state index is 5.27. The van der Waals surface area contributed by atoms with Crippen molar-refractivity contribution in [1.82, 2.24) is 9.55 Å². The lowest BCUT2D eigenvalue weighted by molar-refractivity contribution is 0.414. The van der Waals surface area contributed by atoms with Crippen molar-refractivity contribution >= 4 is 15.9 Å². The van der Waals surface area contributed by atoms with Crippen molar-refractivity contribution in [3.8, 4) is 17.1 Å². The van der Waals surface area contributed by atoms with Crippen LogP contribution in [0, 0.1) is 0 Å². The lowest BCUT2D eigenvalue weighted by Crippen LogP contribution is -2.01. The Morgan fingerprint density at radius 3 is 2.81 bits per heavy atom. The highest BCUT2D eigenvalue weighted by Crippen LogP contribution is 2.23. The fraction of sp³-hybridized carbons (Fsp3) is 0.118. The van der Waals surface area contributed by atoms with Gasteiger partial charge in [0.05, 0.1) is 7.11 Å². The summed E-state index contributed by atoms with van der Waals surface area (Å²) in [6.45, 7) is 0.763. The quantitative estimate of drug-likeness (QED) is 0.703. The minimum Gasteiger partial charge on any atom is -0.497 e. The summed E-state index contributed by atoms with van der Waals surface area (Å²) in [5, 5.41) is 0. The highest BCUT2D eigenvalue weighted by atomic mass is 79.9. The van der Waals surface area contributed by atoms with Gasteiger partial charge in [0.15, 0.2) is 0 Å². The van der Waals surface area contributed by atoms with Crippen molar-refractivity contribution in [1.29, 1.82) is 0 Å². The van der Waals surface area contributed by atoms with Crippen molar-refractivity contribution in [2.24, 2.45) is 0 Å². The number of nitrogens with zero attached hydrogens (tertiary/aromatic N) is 2. The molecule has 0 aliphatic heterocycles. The third-order valence-electron chi connectivity index (χ3n) is 3.29. The molecule has 0 saturated heterocycles. The van der Waals surface area contributed by atoms with Crippen LogP contribution in [0.25, 0.3) is 11.4 Å². The van der Waals surface area contributed by atoms with E-state index < -0.39 is 0 Å². The van der Waals surface area contributed by atoms with E-state index in [0.717, 1.165) is 28.2 Å². The first-order chi connectivity index (χ1) is 10.3. The molecule has 0 unspecified atom stereocenters. The predicted molar refractivity (Wildman–Crippen MR) is 87.5 cm³/mol. The Morgan fingerprint density at radius 1 is 1.14 bits per heavy atom. The zero-order chi connectivity index (χ0) is 14.7. The van der Waals surface area contributed by atoms with Crippen LogP contribution in [-0.2, 0) is 6.54 Å². The van der Waals surface area contributed by atoms with E-state index in [1.54, 1.807) is 7.11 Å². The number of hydrogen-bond donors (Lipinski definition) is 0. The molecule has 0 amide bonds. The molecule has 0 aliphatic carbocycles. The molecule has 1 aromatic heterocycles. The molecule has 0 fully saturated rings. The van der Waals surface area contributed by atoms with Crippen LogP contribution in [0.1, 0.15) is 5.56 Å². The summed E-state index contributed by atoms with van der Waals surface area (Å²) in [5.74, 6) is 1.83. The van der Waals surface area contributed by atoms with Crippen LogP contribution in [-0.4, -0.2) is 16.7 Å². The summed E-state index contributed by atoms with van der Waals surface area (Å²) in [7, 11) is 1.68. The number of benzene rings is 2. The minimum absolute atomic E-state index is 0.763. The van der Waals surface area contributed by atoms with Crippen molar-refractivity contribution in [2.75, 3.05) is 7.11 Å². The summed E-state index contributed by atoms with van der Waals surface area (Å²) < 4.78 is 8.46. The van der Waals surface area contributed by atoms with E-state index in [0.29, 0.717) is 0 Å². The van der Waals surface area contributed by atoms with Crippen molar-refractivity contribution in [3.05, 3.63) is 71.0 Å². The molecule has 0 spiro atoms. The lowest BCUT2D eigenvalue weighted by atomic mass is 10.2. The number of ether oxygens (including phenoxy) is 1. The van der Waals surface area contributed by atoms with Gasteiger partial charge in [-0.1, -0.05) is 40.2 Å². The summed E-state index contributed by atoms with van der Waals surface area (Å²) in [5.41, 5.74) is 2.28. The largest absolute Gasteiger partial charge is 0.497 e. The predicted octanol–water partition coefficient (Wildman–Crippen LogP) is 4.37. The zero-order valence-electron chi connectivity index (χ0n) is 11.7. The van der Waals surface area contributed by atoms with Gasteiger partial charge in [0.2, 0.25) is 0 Å². The molecule has 0 radical (unpaired) electrons. The van der Waals surface area contributed by atoms with Gasteiger partial charge in [-0.2, -0.15) is 0 Å². The van der Waals surface area contributed by atoms with E-state index in [4.69, 9.17) is 4.74 Å². The third kappa shape index (κ3) is 3.16. The summed E-state index contributed by atoms with van der Waals surface area (Å²) in [4.78, 5) is 4.48. The van der Waals surface area contributed by atoms with Gasteiger partial charge in [0, 0.05) is 29.0 Å². The van der Waals surface area contributed by atoms with Gasteiger partial charge in [0.1, 0.15) is 11.6 Å². The van der Waals surface area contributed by atoms with Crippen molar-refractivity contribution in [2.45, 2.75) is 6.54 Å². The Hall–Kier alpha value is -2.07. The van der Waals surface area contributed by atoms with Crippen LogP contribution < -0.4 is 4.74 Å². The number of hydrogen-bond acceptors (Lipinski definition) is 2. The van der Waals surface area contributed by atoms with Crippen LogP contribution in [0.15, 0.2) is 65.4 Å². The highest BCUT2D eigenvalue weighted by Gasteiger charge is 2.07. The van der Waals surface area contributed by atoms with Gasteiger partial charge >= 0.3 is 0 Å². The first-order valence-electron chi connectivity index (χ1n) is 6.66. The normalized spacial score (nSPS) is 10.6. The number of rotatable bonds is 4. The molecule has 1 heterocycles. The fourth-order valence-electron chi connectivity index (χ4n) is 2.29. The summed E-state index contributed by atoms with van der Waals surface area (Å²) in [6.07, 6.45) is 3.83. The van der Waals surface area contributed by atoms with Gasteiger partial charge in [-0.3, -0.25) is 0 Å². The second-order valence-corrected chi connectivity index (χ2v) is 5.66. The van der Waals surface area contributed by atoms with Crippen LogP contribution in [0.2, 0.25) is 0 Å². The lowest BCUT2D eigenvalue weighted by Gasteiger charge is -2.09. The molecule has 0 saturated carbocycles. The first kappa shape index (κ1) is 13.9. The molecule has 2 aromatic carbocycles. The third-order valence-corrected chi connectivity index (χ3v) is 3.78. The van der Waals surface area contributed by atoms with Gasteiger partial charge in [-0.25, -0.2) is 4.98 Å². The molecule has 3 rings (SSSR count). The Morgan fingerprint density at radius 2 is 2.00 bits per heavy atom. The smallest absolute Gasteiger partial charge is 0.140 e. The Balaban J connectivity index is 1.92. The topological polar surface area (TPSA) is 27.1 Å². The molecule has 0 aliphatic rings. The van der Waals surface area contributed by atoms with Gasteiger partial charge in [0.25, 0.3) is 0 Å². The van der Waals surface area contributed by atoms with Gasteiger partial charge < -0.3 is 9.30 Å². The summed E-state index contributed by atoms with van der Waals surface area (Å²) in [6, 6.07) is 16.3. The second kappa shape index (κ2) is 6.14. The molecular formula is C17H15BrN2O. The van der Waals surface area contributed by atoms with Crippen LogP contribution >= 0.6 is 15.9 Å². The zero-order valence-corrected chi connectivity index (χ0v) is 13.2. The second-order valence-electron chi connectivity index (χ2n) is 4.74. The Kier molecular flexibility index (Phi) is 4.06. The molecule has 106 valence electrons. The van der Waals surface area contributed by atoms with Crippen LogP contribution in [0.5, 0.6) is 5.75 Å². The van der Waals surface area contributed by atoms with Gasteiger partial charge in [-0.05, 0) is 29.8 Å². The van der Waals surface area contributed by atoms with Gasteiger partial charge in [-0.15, -0.1) is 0 Å². The number of imidazole rings is 1. The van der Waals surface area contributed by atoms with E-state index in [9.17, 15) is 0 Å². The molecular weight excluding hydrogens is 328 g/mol. The maximum atomic E-state index is 5.27. The Labute approximate surface area is 132 Å². The van der Waals surface area contributed by atoms with E-state index in [1.165, 1.54) is 5.56 Å². The van der Waals surface area contributed by atoms with Crippen molar-refractivity contribution < 1.29 is 4.74 Å². The maximum Gasteiger partial charge on any atom is 0.140 e. The molecule has 0 N–H and O–H groups in total. The standard InChI is InChI=1S/C17H15BrN2O/c1-21-16-7-2-4-13(10-16)12-20-9-8-19-17(20)14-5-3-6-15(18)11-14/h2-11H,12H2,1H3. The van der Waals surface area contributed by atoms with E-state index >= 15 is 0 Å². The van der Waals surface area contributed by atoms with E-state index in [2.05, 4.69) is 43.7 Å². The van der Waals surface area contributed by atoms with E-state index in [1.807, 2.05) is 42.7 Å². The average molecular weight is 343 g/mol.